The first-order valence-corrected chi connectivity index (χ1v) is 8.81. The summed E-state index contributed by atoms with van der Waals surface area (Å²) in [6.07, 6.45) is 0.201. The summed E-state index contributed by atoms with van der Waals surface area (Å²) in [6.45, 7) is 0.367. The molecule has 2 heterocycles. The highest BCUT2D eigenvalue weighted by Crippen LogP contribution is 2.32. The Morgan fingerprint density at radius 2 is 1.96 bits per heavy atom. The van der Waals surface area contributed by atoms with Gasteiger partial charge in [0.05, 0.1) is 23.2 Å². The van der Waals surface area contributed by atoms with Crippen molar-refractivity contribution >= 4 is 39.1 Å². The van der Waals surface area contributed by atoms with E-state index in [4.69, 9.17) is 4.74 Å². The Morgan fingerprint density at radius 1 is 1.20 bits per heavy atom. The van der Waals surface area contributed by atoms with Crippen molar-refractivity contribution in [3.8, 4) is 10.6 Å². The molecule has 0 spiro atoms. The first-order chi connectivity index (χ1) is 12.2. The fourth-order valence-electron chi connectivity index (χ4n) is 3.06. The molecule has 0 N–H and O–H groups in total. The van der Waals surface area contributed by atoms with E-state index in [1.54, 1.807) is 16.2 Å². The smallest absolute Gasteiger partial charge is 0.311 e. The average molecular weight is 352 g/mol. The zero-order valence-corrected chi connectivity index (χ0v) is 14.5. The van der Waals surface area contributed by atoms with Gasteiger partial charge in [-0.15, -0.1) is 11.3 Å². The summed E-state index contributed by atoms with van der Waals surface area (Å²) in [6, 6.07) is 15.8. The number of thiazole rings is 1. The lowest BCUT2D eigenvalue weighted by atomic mass is 10.1. The first kappa shape index (κ1) is 15.8. The van der Waals surface area contributed by atoms with Crippen LogP contribution in [0.2, 0.25) is 0 Å². The van der Waals surface area contributed by atoms with Crippen LogP contribution in [0.25, 0.3) is 20.8 Å². The number of amides is 1. The van der Waals surface area contributed by atoms with Gasteiger partial charge in [0.1, 0.15) is 5.01 Å². The Hall–Kier alpha value is -2.73. The van der Waals surface area contributed by atoms with Crippen LogP contribution in [-0.4, -0.2) is 30.5 Å². The van der Waals surface area contributed by atoms with Crippen LogP contribution in [0.15, 0.2) is 48.5 Å². The summed E-state index contributed by atoms with van der Waals surface area (Å²) >= 11 is 1.64. The second-order valence-electron chi connectivity index (χ2n) is 5.96. The van der Waals surface area contributed by atoms with E-state index in [2.05, 4.69) is 11.1 Å². The molecular weight excluding hydrogens is 336 g/mol. The van der Waals surface area contributed by atoms with E-state index < -0.39 is 0 Å². The number of carbonyl (C=O) groups is 2. The molecule has 1 aliphatic rings. The molecule has 6 heteroatoms. The van der Waals surface area contributed by atoms with E-state index in [1.807, 2.05) is 42.5 Å². The van der Waals surface area contributed by atoms with Crippen molar-refractivity contribution in [3.63, 3.8) is 0 Å². The number of rotatable bonds is 3. The van der Waals surface area contributed by atoms with E-state index in [0.717, 1.165) is 26.5 Å². The van der Waals surface area contributed by atoms with E-state index >= 15 is 0 Å². The number of aromatic nitrogens is 1. The number of anilines is 1. The highest BCUT2D eigenvalue weighted by Gasteiger charge is 2.35. The largest absolute Gasteiger partial charge is 0.469 e. The van der Waals surface area contributed by atoms with Crippen molar-refractivity contribution < 1.29 is 14.3 Å². The van der Waals surface area contributed by atoms with E-state index in [0.29, 0.717) is 6.54 Å². The quantitative estimate of drug-likeness (QED) is 0.677. The minimum Gasteiger partial charge on any atom is -0.469 e. The molecule has 1 aliphatic heterocycles. The predicted octanol–water partition coefficient (Wildman–Crippen LogP) is 3.49. The second-order valence-corrected chi connectivity index (χ2v) is 6.99. The second kappa shape index (κ2) is 6.29. The standard InChI is InChI=1S/C19H16N2O3S/c1-24-19(23)13-10-17(22)21(11-13)14-8-6-12(7-9-14)18-20-15-4-2-3-5-16(15)25-18/h2-9,13H,10-11H2,1H3. The number of hydrogen-bond acceptors (Lipinski definition) is 5. The van der Waals surface area contributed by atoms with Gasteiger partial charge in [-0.25, -0.2) is 4.98 Å². The molecule has 1 aromatic heterocycles. The van der Waals surface area contributed by atoms with E-state index in [9.17, 15) is 9.59 Å². The van der Waals surface area contributed by atoms with Gasteiger partial charge in [-0.3, -0.25) is 9.59 Å². The Labute approximate surface area is 148 Å². The predicted molar refractivity (Wildman–Crippen MR) is 97.5 cm³/mol. The molecule has 4 rings (SSSR count). The van der Waals surface area contributed by atoms with Crippen LogP contribution in [0.5, 0.6) is 0 Å². The van der Waals surface area contributed by atoms with Gasteiger partial charge in [-0.05, 0) is 36.4 Å². The minimum absolute atomic E-state index is 0.0527. The van der Waals surface area contributed by atoms with Crippen LogP contribution in [0, 0.1) is 5.92 Å². The van der Waals surface area contributed by atoms with Crippen LogP contribution in [-0.2, 0) is 14.3 Å². The SMILES string of the molecule is COC(=O)C1CC(=O)N(c2ccc(-c3nc4ccccc4s3)cc2)C1. The Balaban J connectivity index is 1.58. The number of carbonyl (C=O) groups excluding carboxylic acids is 2. The number of methoxy groups -OCH3 is 1. The van der Waals surface area contributed by atoms with Crippen molar-refractivity contribution in [2.45, 2.75) is 6.42 Å². The maximum Gasteiger partial charge on any atom is 0.311 e. The topological polar surface area (TPSA) is 59.5 Å². The van der Waals surface area contributed by atoms with Gasteiger partial charge in [0.15, 0.2) is 0 Å². The molecule has 1 saturated heterocycles. The Morgan fingerprint density at radius 3 is 2.68 bits per heavy atom. The summed E-state index contributed by atoms with van der Waals surface area (Å²) in [4.78, 5) is 30.1. The highest BCUT2D eigenvalue weighted by molar-refractivity contribution is 7.21. The van der Waals surface area contributed by atoms with Gasteiger partial charge >= 0.3 is 5.97 Å². The molecule has 5 nitrogen and oxygen atoms in total. The van der Waals surface area contributed by atoms with Gasteiger partial charge in [0.2, 0.25) is 5.91 Å². The lowest BCUT2D eigenvalue weighted by molar-refractivity contribution is -0.145. The third-order valence-electron chi connectivity index (χ3n) is 4.38. The van der Waals surface area contributed by atoms with Crippen molar-refractivity contribution in [3.05, 3.63) is 48.5 Å². The van der Waals surface area contributed by atoms with Gasteiger partial charge in [0, 0.05) is 24.2 Å². The highest BCUT2D eigenvalue weighted by atomic mass is 32.1. The van der Waals surface area contributed by atoms with Crippen molar-refractivity contribution in [1.82, 2.24) is 4.98 Å². The fourth-order valence-corrected chi connectivity index (χ4v) is 4.03. The van der Waals surface area contributed by atoms with Gasteiger partial charge in [0.25, 0.3) is 0 Å². The van der Waals surface area contributed by atoms with Crippen molar-refractivity contribution in [2.75, 3.05) is 18.6 Å². The molecule has 0 radical (unpaired) electrons. The van der Waals surface area contributed by atoms with Crippen molar-refractivity contribution in [2.24, 2.45) is 5.92 Å². The van der Waals surface area contributed by atoms with Gasteiger partial charge in [-0.1, -0.05) is 12.1 Å². The number of nitrogens with zero attached hydrogens (tertiary/aromatic N) is 2. The van der Waals surface area contributed by atoms with Crippen LogP contribution >= 0.6 is 11.3 Å². The normalized spacial score (nSPS) is 17.2. The molecule has 126 valence electrons. The third-order valence-corrected chi connectivity index (χ3v) is 5.46. The summed E-state index contributed by atoms with van der Waals surface area (Å²) in [5.41, 5.74) is 2.80. The summed E-state index contributed by atoms with van der Waals surface area (Å²) in [5.74, 6) is -0.772. The average Bonchev–Trinajstić information content (AvgIpc) is 3.24. The summed E-state index contributed by atoms with van der Waals surface area (Å²) < 4.78 is 5.90. The molecule has 0 aliphatic carbocycles. The molecule has 0 bridgehead atoms. The monoisotopic (exact) mass is 352 g/mol. The number of ether oxygens (including phenoxy) is 1. The van der Waals surface area contributed by atoms with Crippen LogP contribution in [0.3, 0.4) is 0 Å². The third kappa shape index (κ3) is 2.89. The molecule has 1 fully saturated rings. The molecule has 2 aromatic carbocycles. The number of hydrogen-bond donors (Lipinski definition) is 0. The molecule has 1 atom stereocenters. The lowest BCUT2D eigenvalue weighted by Crippen LogP contribution is -2.26. The maximum atomic E-state index is 12.2. The summed E-state index contributed by atoms with van der Waals surface area (Å²) in [5, 5.41) is 0.952. The molecule has 3 aromatic rings. The molecule has 0 saturated carbocycles. The lowest BCUT2D eigenvalue weighted by Gasteiger charge is -2.16. The van der Waals surface area contributed by atoms with Crippen LogP contribution in [0.4, 0.5) is 5.69 Å². The van der Waals surface area contributed by atoms with Gasteiger partial charge in [-0.2, -0.15) is 0 Å². The van der Waals surface area contributed by atoms with E-state index in [-0.39, 0.29) is 24.2 Å². The molecule has 1 unspecified atom stereocenters. The number of esters is 1. The summed E-state index contributed by atoms with van der Waals surface area (Å²) in [7, 11) is 1.35. The molecule has 1 amide bonds. The number of benzene rings is 2. The first-order valence-electron chi connectivity index (χ1n) is 8.00. The Bertz CT molecular complexity index is 916. The maximum absolute atomic E-state index is 12.2. The minimum atomic E-state index is -0.388. The molecular formula is C19H16N2O3S. The Kier molecular flexibility index (Phi) is 3.97. The van der Waals surface area contributed by atoms with Crippen LogP contribution in [0.1, 0.15) is 6.42 Å². The van der Waals surface area contributed by atoms with E-state index in [1.165, 1.54) is 7.11 Å². The number of para-hydroxylation sites is 1. The zero-order valence-electron chi connectivity index (χ0n) is 13.6. The fraction of sp³-hybridized carbons (Fsp3) is 0.211. The van der Waals surface area contributed by atoms with Crippen molar-refractivity contribution in [1.29, 1.82) is 0 Å². The molecule has 25 heavy (non-hydrogen) atoms. The van der Waals surface area contributed by atoms with Gasteiger partial charge < -0.3 is 9.64 Å². The number of fused-ring (bicyclic) bond motifs is 1. The van der Waals surface area contributed by atoms with Crippen LogP contribution < -0.4 is 4.90 Å². The zero-order chi connectivity index (χ0) is 17.4.